The Balaban J connectivity index is 2.14. The smallest absolute Gasteiger partial charge is 0.337 e. The minimum Gasteiger partial charge on any atom is -0.478 e. The summed E-state index contributed by atoms with van der Waals surface area (Å²) < 4.78 is 5.46. The summed E-state index contributed by atoms with van der Waals surface area (Å²) in [5.74, 6) is -0.0739. The fourth-order valence-corrected chi connectivity index (χ4v) is 2.01. The molecule has 0 aliphatic rings. The van der Waals surface area contributed by atoms with Crippen LogP contribution in [0, 0.1) is 6.92 Å². The van der Waals surface area contributed by atoms with Gasteiger partial charge in [0.15, 0.2) is 0 Å². The second-order valence-corrected chi connectivity index (χ2v) is 4.78. The predicted octanol–water partition coefficient (Wildman–Crippen LogP) is 3.50. The van der Waals surface area contributed by atoms with Crippen LogP contribution in [-0.2, 0) is 11.2 Å². The molecular weight excluding hydrogens is 282 g/mol. The Morgan fingerprint density at radius 1 is 1.27 bits per heavy atom. The van der Waals surface area contributed by atoms with Gasteiger partial charge in [0.25, 0.3) is 0 Å². The summed E-state index contributed by atoms with van der Waals surface area (Å²) in [6.45, 7) is 3.72. The van der Waals surface area contributed by atoms with Crippen molar-refractivity contribution in [2.75, 3.05) is 5.32 Å². The lowest BCUT2D eigenvalue weighted by atomic mass is 10.1. The Hall–Kier alpha value is -2.82. The van der Waals surface area contributed by atoms with Crippen LogP contribution in [0.1, 0.15) is 34.4 Å². The molecule has 1 amide bonds. The molecule has 0 bridgehead atoms. The van der Waals surface area contributed by atoms with Crippen molar-refractivity contribution in [3.63, 3.8) is 0 Å². The van der Waals surface area contributed by atoms with Gasteiger partial charge in [0, 0.05) is 12.5 Å². The van der Waals surface area contributed by atoms with Crippen LogP contribution in [0.25, 0.3) is 6.08 Å². The number of aryl methyl sites for hydroxylation is 2. The number of hydrogen-bond donors (Lipinski definition) is 2. The third kappa shape index (κ3) is 3.63. The van der Waals surface area contributed by atoms with E-state index in [2.05, 4.69) is 5.32 Å². The Bertz CT molecular complexity index is 728. The number of carboxylic acid groups (broad SMARTS) is 1. The highest BCUT2D eigenvalue weighted by Gasteiger charge is 2.13. The van der Waals surface area contributed by atoms with E-state index < -0.39 is 11.9 Å². The van der Waals surface area contributed by atoms with Crippen LogP contribution in [0.3, 0.4) is 0 Å². The summed E-state index contributed by atoms with van der Waals surface area (Å²) >= 11 is 0. The van der Waals surface area contributed by atoms with Gasteiger partial charge < -0.3 is 14.8 Å². The molecule has 0 aliphatic carbocycles. The molecule has 5 nitrogen and oxygen atoms in total. The molecule has 1 heterocycles. The van der Waals surface area contributed by atoms with Crippen LogP contribution in [0.2, 0.25) is 0 Å². The number of aromatic carboxylic acids is 1. The van der Waals surface area contributed by atoms with Crippen LogP contribution in [-0.4, -0.2) is 17.0 Å². The van der Waals surface area contributed by atoms with E-state index >= 15 is 0 Å². The summed E-state index contributed by atoms with van der Waals surface area (Å²) in [5, 5.41) is 11.8. The van der Waals surface area contributed by atoms with Crippen molar-refractivity contribution in [2.24, 2.45) is 0 Å². The Labute approximate surface area is 128 Å². The molecule has 0 saturated heterocycles. The first-order valence-electron chi connectivity index (χ1n) is 6.92. The molecule has 2 aromatic rings. The average molecular weight is 299 g/mol. The van der Waals surface area contributed by atoms with E-state index in [1.54, 1.807) is 31.2 Å². The first-order valence-corrected chi connectivity index (χ1v) is 6.92. The Morgan fingerprint density at radius 2 is 2.05 bits per heavy atom. The molecule has 0 unspecified atom stereocenters. The zero-order valence-corrected chi connectivity index (χ0v) is 12.4. The number of para-hydroxylation sites is 1. The van der Waals surface area contributed by atoms with Gasteiger partial charge in [-0.05, 0) is 36.8 Å². The standard InChI is InChI=1S/C17H17NO4/c1-3-12-7-8-13(22-12)9-10-15(19)18-16-11(2)5-4-6-14(16)17(20)21/h4-10H,3H2,1-2H3,(H,18,19)(H,20,21)/b10-9+. The molecular formula is C17H17NO4. The van der Waals surface area contributed by atoms with E-state index in [1.807, 2.05) is 13.0 Å². The molecule has 1 aromatic heterocycles. The van der Waals surface area contributed by atoms with Gasteiger partial charge >= 0.3 is 5.97 Å². The molecule has 0 saturated carbocycles. The molecule has 0 aliphatic heterocycles. The number of hydrogen-bond acceptors (Lipinski definition) is 3. The maximum absolute atomic E-state index is 12.0. The molecule has 0 atom stereocenters. The minimum atomic E-state index is -1.08. The van der Waals surface area contributed by atoms with Crippen LogP contribution in [0.15, 0.2) is 40.8 Å². The van der Waals surface area contributed by atoms with Crippen molar-refractivity contribution in [3.05, 3.63) is 59.1 Å². The number of furan rings is 1. The first kappa shape index (κ1) is 15.6. The molecule has 0 spiro atoms. The van der Waals surface area contributed by atoms with Gasteiger partial charge in [-0.15, -0.1) is 0 Å². The molecule has 0 fully saturated rings. The number of nitrogens with one attached hydrogen (secondary N) is 1. The van der Waals surface area contributed by atoms with Gasteiger partial charge in [0.1, 0.15) is 11.5 Å². The third-order valence-electron chi connectivity index (χ3n) is 3.18. The number of carbonyl (C=O) groups is 2. The number of benzene rings is 1. The lowest BCUT2D eigenvalue weighted by molar-refractivity contribution is -0.111. The quantitative estimate of drug-likeness (QED) is 0.828. The number of anilines is 1. The number of amides is 1. The maximum atomic E-state index is 12.0. The van der Waals surface area contributed by atoms with E-state index in [4.69, 9.17) is 9.52 Å². The highest BCUT2D eigenvalue weighted by atomic mass is 16.4. The number of carbonyl (C=O) groups excluding carboxylic acids is 1. The Kier molecular flexibility index (Phi) is 4.78. The van der Waals surface area contributed by atoms with Gasteiger partial charge in [-0.3, -0.25) is 4.79 Å². The van der Waals surface area contributed by atoms with Crippen LogP contribution in [0.4, 0.5) is 5.69 Å². The number of carboxylic acids is 1. The second-order valence-electron chi connectivity index (χ2n) is 4.78. The van der Waals surface area contributed by atoms with Crippen LogP contribution >= 0.6 is 0 Å². The molecule has 5 heteroatoms. The van der Waals surface area contributed by atoms with Gasteiger partial charge in [0.05, 0.1) is 11.3 Å². The van der Waals surface area contributed by atoms with Crippen molar-refractivity contribution in [1.82, 2.24) is 0 Å². The van der Waals surface area contributed by atoms with Gasteiger partial charge in [0.2, 0.25) is 5.91 Å². The zero-order chi connectivity index (χ0) is 16.1. The van der Waals surface area contributed by atoms with Crippen molar-refractivity contribution >= 4 is 23.6 Å². The largest absolute Gasteiger partial charge is 0.478 e. The molecule has 2 rings (SSSR count). The van der Waals surface area contributed by atoms with E-state index in [0.29, 0.717) is 17.0 Å². The monoisotopic (exact) mass is 299 g/mol. The summed E-state index contributed by atoms with van der Waals surface area (Å²) in [4.78, 5) is 23.1. The van der Waals surface area contributed by atoms with Crippen molar-refractivity contribution in [2.45, 2.75) is 20.3 Å². The second kappa shape index (κ2) is 6.76. The summed E-state index contributed by atoms with van der Waals surface area (Å²) in [7, 11) is 0. The topological polar surface area (TPSA) is 79.5 Å². The van der Waals surface area contributed by atoms with E-state index in [9.17, 15) is 9.59 Å². The lowest BCUT2D eigenvalue weighted by Crippen LogP contribution is -2.13. The molecule has 1 aromatic carbocycles. The fourth-order valence-electron chi connectivity index (χ4n) is 2.01. The first-order chi connectivity index (χ1) is 10.5. The normalized spacial score (nSPS) is 10.8. The lowest BCUT2D eigenvalue weighted by Gasteiger charge is -2.09. The zero-order valence-electron chi connectivity index (χ0n) is 12.4. The summed E-state index contributed by atoms with van der Waals surface area (Å²) in [6, 6.07) is 8.46. The highest BCUT2D eigenvalue weighted by molar-refractivity contribution is 6.06. The fraction of sp³-hybridized carbons (Fsp3) is 0.176. The average Bonchev–Trinajstić information content (AvgIpc) is 2.95. The van der Waals surface area contributed by atoms with E-state index in [1.165, 1.54) is 12.1 Å². The SMILES string of the molecule is CCc1ccc(/C=C/C(=O)Nc2c(C)cccc2C(=O)O)o1. The van der Waals surface area contributed by atoms with Gasteiger partial charge in [-0.25, -0.2) is 4.79 Å². The molecule has 114 valence electrons. The maximum Gasteiger partial charge on any atom is 0.337 e. The van der Waals surface area contributed by atoms with E-state index in [0.717, 1.165) is 12.2 Å². The Morgan fingerprint density at radius 3 is 2.68 bits per heavy atom. The molecule has 0 radical (unpaired) electrons. The minimum absolute atomic E-state index is 0.0630. The highest BCUT2D eigenvalue weighted by Crippen LogP contribution is 2.20. The van der Waals surface area contributed by atoms with Crippen LogP contribution in [0.5, 0.6) is 0 Å². The van der Waals surface area contributed by atoms with Gasteiger partial charge in [-0.1, -0.05) is 19.1 Å². The van der Waals surface area contributed by atoms with Crippen LogP contribution < -0.4 is 5.32 Å². The predicted molar refractivity (Wildman–Crippen MR) is 83.9 cm³/mol. The van der Waals surface area contributed by atoms with Crippen molar-refractivity contribution in [1.29, 1.82) is 0 Å². The summed E-state index contributed by atoms with van der Waals surface area (Å²) in [5.41, 5.74) is 1.05. The summed E-state index contributed by atoms with van der Waals surface area (Å²) in [6.07, 6.45) is 3.65. The molecule has 22 heavy (non-hydrogen) atoms. The van der Waals surface area contributed by atoms with Crippen molar-refractivity contribution in [3.8, 4) is 0 Å². The van der Waals surface area contributed by atoms with Gasteiger partial charge in [-0.2, -0.15) is 0 Å². The van der Waals surface area contributed by atoms with E-state index in [-0.39, 0.29) is 5.56 Å². The number of rotatable bonds is 5. The molecule has 2 N–H and O–H groups in total. The third-order valence-corrected chi connectivity index (χ3v) is 3.18. The van der Waals surface area contributed by atoms with Crippen molar-refractivity contribution < 1.29 is 19.1 Å².